The van der Waals surface area contributed by atoms with Crippen molar-refractivity contribution in [3.8, 4) is 0 Å². The quantitative estimate of drug-likeness (QED) is 0.707. The molecule has 0 aliphatic carbocycles. The molecule has 0 aliphatic heterocycles. The smallest absolute Gasteiger partial charge is 0.215 e. The minimum Gasteiger partial charge on any atom is -0.316 e. The molecular weight excluding hydrogens is 274 g/mol. The predicted octanol–water partition coefficient (Wildman–Crippen LogP) is 0.777. The number of benzene rings is 1. The van der Waals surface area contributed by atoms with E-state index in [1.54, 1.807) is 0 Å². The van der Waals surface area contributed by atoms with Crippen LogP contribution in [0.2, 0.25) is 0 Å². The second kappa shape index (κ2) is 8.36. The van der Waals surface area contributed by atoms with E-state index in [9.17, 15) is 8.42 Å². The monoisotopic (exact) mass is 299 g/mol. The summed E-state index contributed by atoms with van der Waals surface area (Å²) in [6.45, 7) is 4.86. The normalized spacial score (nSPS) is 12.0. The third-order valence-electron chi connectivity index (χ3n) is 3.08. The molecule has 6 heteroatoms. The summed E-state index contributed by atoms with van der Waals surface area (Å²) >= 11 is 0. The Morgan fingerprint density at radius 2 is 1.95 bits per heavy atom. The largest absolute Gasteiger partial charge is 0.316 e. The lowest BCUT2D eigenvalue weighted by atomic mass is 10.1. The highest BCUT2D eigenvalue weighted by Gasteiger charge is 2.11. The molecule has 0 fully saturated rings. The summed E-state index contributed by atoms with van der Waals surface area (Å²) in [5.41, 5.74) is 1.90. The molecule has 0 aliphatic rings. The second-order valence-electron chi connectivity index (χ2n) is 4.90. The summed E-state index contributed by atoms with van der Waals surface area (Å²) in [5.74, 6) is 0.0282. The standard InChI is InChI=1S/C14H25N3O2S/c1-4-17(3)9-8-16-20(18,19)12-14-7-5-6-13(10-14)11-15-2/h5-7,10,15-16H,4,8-9,11-12H2,1-3H3. The Balaban J connectivity index is 2.55. The fourth-order valence-corrected chi connectivity index (χ4v) is 2.98. The lowest BCUT2D eigenvalue weighted by Gasteiger charge is -2.14. The fraction of sp³-hybridized carbons (Fsp3) is 0.571. The van der Waals surface area contributed by atoms with E-state index in [-0.39, 0.29) is 5.75 Å². The van der Waals surface area contributed by atoms with Gasteiger partial charge >= 0.3 is 0 Å². The van der Waals surface area contributed by atoms with Gasteiger partial charge in [0, 0.05) is 19.6 Å². The molecule has 0 saturated carbocycles. The van der Waals surface area contributed by atoms with Crippen LogP contribution in [0.15, 0.2) is 24.3 Å². The molecule has 1 rings (SSSR count). The van der Waals surface area contributed by atoms with Crippen LogP contribution in [0.3, 0.4) is 0 Å². The van der Waals surface area contributed by atoms with Crippen LogP contribution in [0, 0.1) is 0 Å². The molecule has 114 valence electrons. The summed E-state index contributed by atoms with van der Waals surface area (Å²) in [6.07, 6.45) is 0. The van der Waals surface area contributed by atoms with Gasteiger partial charge in [0.1, 0.15) is 0 Å². The first-order chi connectivity index (χ1) is 9.46. The first kappa shape index (κ1) is 17.1. The Hall–Kier alpha value is -0.950. The Bertz CT molecular complexity index is 503. The van der Waals surface area contributed by atoms with Gasteiger partial charge in [-0.15, -0.1) is 0 Å². The van der Waals surface area contributed by atoms with Crippen molar-refractivity contribution in [2.75, 3.05) is 33.7 Å². The topological polar surface area (TPSA) is 61.4 Å². The van der Waals surface area contributed by atoms with Crippen molar-refractivity contribution in [2.24, 2.45) is 0 Å². The van der Waals surface area contributed by atoms with Gasteiger partial charge in [-0.25, -0.2) is 13.1 Å². The third-order valence-corrected chi connectivity index (χ3v) is 4.44. The van der Waals surface area contributed by atoms with Crippen LogP contribution in [-0.4, -0.2) is 47.0 Å². The minimum absolute atomic E-state index is 0.0282. The molecule has 0 spiro atoms. The van der Waals surface area contributed by atoms with Crippen LogP contribution < -0.4 is 10.0 Å². The van der Waals surface area contributed by atoms with E-state index in [0.29, 0.717) is 6.54 Å². The van der Waals surface area contributed by atoms with Crippen molar-refractivity contribution >= 4 is 10.0 Å². The van der Waals surface area contributed by atoms with Gasteiger partial charge in [0.2, 0.25) is 10.0 Å². The first-order valence-corrected chi connectivity index (χ1v) is 8.50. The van der Waals surface area contributed by atoms with Crippen LogP contribution in [0.25, 0.3) is 0 Å². The number of hydrogen-bond acceptors (Lipinski definition) is 4. The molecule has 0 amide bonds. The number of nitrogens with zero attached hydrogens (tertiary/aromatic N) is 1. The van der Waals surface area contributed by atoms with E-state index in [1.165, 1.54) is 0 Å². The number of rotatable bonds is 9. The van der Waals surface area contributed by atoms with Gasteiger partial charge in [0.15, 0.2) is 0 Å². The Labute approximate surface area is 122 Å². The summed E-state index contributed by atoms with van der Waals surface area (Å²) in [7, 11) is 0.571. The maximum absolute atomic E-state index is 12.0. The summed E-state index contributed by atoms with van der Waals surface area (Å²) in [4.78, 5) is 2.07. The number of nitrogens with one attached hydrogen (secondary N) is 2. The summed E-state index contributed by atoms with van der Waals surface area (Å²) in [6, 6.07) is 7.64. The van der Waals surface area contributed by atoms with Gasteiger partial charge in [0.25, 0.3) is 0 Å². The molecule has 0 bridgehead atoms. The molecular formula is C14H25N3O2S. The number of likely N-dealkylation sites (N-methyl/N-ethyl adjacent to an activating group) is 1. The Morgan fingerprint density at radius 3 is 2.60 bits per heavy atom. The average molecular weight is 299 g/mol. The van der Waals surface area contributed by atoms with Gasteiger partial charge in [-0.2, -0.15) is 0 Å². The van der Waals surface area contributed by atoms with E-state index in [2.05, 4.69) is 14.9 Å². The van der Waals surface area contributed by atoms with Crippen molar-refractivity contribution in [2.45, 2.75) is 19.2 Å². The molecule has 0 radical (unpaired) electrons. The van der Waals surface area contributed by atoms with E-state index in [0.717, 1.165) is 30.8 Å². The zero-order chi connectivity index (χ0) is 15.0. The molecule has 0 unspecified atom stereocenters. The maximum atomic E-state index is 12.0. The zero-order valence-electron chi connectivity index (χ0n) is 12.5. The first-order valence-electron chi connectivity index (χ1n) is 6.85. The SMILES string of the molecule is CCN(C)CCNS(=O)(=O)Cc1cccc(CNC)c1. The van der Waals surface area contributed by atoms with Gasteiger partial charge in [-0.05, 0) is 31.8 Å². The van der Waals surface area contributed by atoms with E-state index >= 15 is 0 Å². The van der Waals surface area contributed by atoms with Crippen molar-refractivity contribution < 1.29 is 8.42 Å². The highest BCUT2D eigenvalue weighted by atomic mass is 32.2. The van der Waals surface area contributed by atoms with Gasteiger partial charge in [0.05, 0.1) is 5.75 Å². The minimum atomic E-state index is -3.27. The molecule has 1 aromatic rings. The van der Waals surface area contributed by atoms with Crippen LogP contribution in [0.1, 0.15) is 18.1 Å². The summed E-state index contributed by atoms with van der Waals surface area (Å²) < 4.78 is 26.6. The highest BCUT2D eigenvalue weighted by molar-refractivity contribution is 7.88. The number of sulfonamides is 1. The van der Waals surface area contributed by atoms with Crippen molar-refractivity contribution in [3.05, 3.63) is 35.4 Å². The molecule has 0 saturated heterocycles. The molecule has 0 atom stereocenters. The highest BCUT2D eigenvalue weighted by Crippen LogP contribution is 2.08. The molecule has 2 N–H and O–H groups in total. The van der Waals surface area contributed by atoms with Gasteiger partial charge < -0.3 is 10.2 Å². The van der Waals surface area contributed by atoms with E-state index < -0.39 is 10.0 Å². The maximum Gasteiger partial charge on any atom is 0.215 e. The van der Waals surface area contributed by atoms with Crippen LogP contribution in [-0.2, 0) is 22.3 Å². The van der Waals surface area contributed by atoms with Crippen molar-refractivity contribution in [1.82, 2.24) is 14.9 Å². The lowest BCUT2D eigenvalue weighted by molar-refractivity contribution is 0.358. The summed E-state index contributed by atoms with van der Waals surface area (Å²) in [5, 5.41) is 3.06. The second-order valence-corrected chi connectivity index (χ2v) is 6.71. The van der Waals surface area contributed by atoms with Gasteiger partial charge in [-0.3, -0.25) is 0 Å². The van der Waals surface area contributed by atoms with Gasteiger partial charge in [-0.1, -0.05) is 31.2 Å². The fourth-order valence-electron chi connectivity index (χ4n) is 1.85. The average Bonchev–Trinajstić information content (AvgIpc) is 2.38. The lowest BCUT2D eigenvalue weighted by Crippen LogP contribution is -2.33. The predicted molar refractivity (Wildman–Crippen MR) is 83.0 cm³/mol. The molecule has 0 heterocycles. The van der Waals surface area contributed by atoms with E-state index in [4.69, 9.17) is 0 Å². The van der Waals surface area contributed by atoms with E-state index in [1.807, 2.05) is 45.3 Å². The van der Waals surface area contributed by atoms with Crippen LogP contribution in [0.5, 0.6) is 0 Å². The third kappa shape index (κ3) is 6.47. The van der Waals surface area contributed by atoms with Crippen molar-refractivity contribution in [1.29, 1.82) is 0 Å². The molecule has 0 aromatic heterocycles. The van der Waals surface area contributed by atoms with Crippen LogP contribution in [0.4, 0.5) is 0 Å². The van der Waals surface area contributed by atoms with Crippen molar-refractivity contribution in [3.63, 3.8) is 0 Å². The van der Waals surface area contributed by atoms with Crippen LogP contribution >= 0.6 is 0 Å². The molecule has 20 heavy (non-hydrogen) atoms. The zero-order valence-corrected chi connectivity index (χ0v) is 13.3. The Kier molecular flexibility index (Phi) is 7.15. The molecule has 1 aromatic carbocycles. The Morgan fingerprint density at radius 1 is 1.25 bits per heavy atom. The molecule has 5 nitrogen and oxygen atoms in total. The number of hydrogen-bond donors (Lipinski definition) is 2.